The minimum absolute atomic E-state index is 0.0424. The summed E-state index contributed by atoms with van der Waals surface area (Å²) in [6.45, 7) is 2.34. The van der Waals surface area contributed by atoms with E-state index in [1.807, 2.05) is 0 Å². The second kappa shape index (κ2) is 6.70. The van der Waals surface area contributed by atoms with Gasteiger partial charge in [0.25, 0.3) is 0 Å². The van der Waals surface area contributed by atoms with Crippen LogP contribution >= 0.6 is 11.3 Å². The third kappa shape index (κ3) is 3.18. The topological polar surface area (TPSA) is 96.5 Å². The molecule has 3 N–H and O–H groups in total. The Bertz CT molecular complexity index is 772. The van der Waals surface area contributed by atoms with Gasteiger partial charge in [0.2, 0.25) is 11.7 Å². The number of nitrogens with two attached hydrogens (primary N) is 1. The summed E-state index contributed by atoms with van der Waals surface area (Å²) in [7, 11) is 0. The van der Waals surface area contributed by atoms with E-state index in [2.05, 4.69) is 4.98 Å². The van der Waals surface area contributed by atoms with Crippen molar-refractivity contribution in [1.29, 1.82) is 0 Å². The number of hydrogen-bond donors (Lipinski definition) is 2. The maximum Gasteiger partial charge on any atom is 0.239 e. The Balaban J connectivity index is 1.82. The number of carbonyl (C=O) groups excluding carboxylic acids is 2. The Labute approximate surface area is 143 Å². The van der Waals surface area contributed by atoms with Gasteiger partial charge in [-0.25, -0.2) is 4.98 Å². The number of phenolic OH excluding ortho intramolecular Hbond substituents is 1. The highest BCUT2D eigenvalue weighted by Gasteiger charge is 2.33. The lowest BCUT2D eigenvalue weighted by molar-refractivity contribution is -0.133. The zero-order valence-electron chi connectivity index (χ0n) is 13.3. The van der Waals surface area contributed by atoms with E-state index in [1.54, 1.807) is 29.3 Å². The molecule has 0 bridgehead atoms. The van der Waals surface area contributed by atoms with E-state index < -0.39 is 6.04 Å². The second-order valence-electron chi connectivity index (χ2n) is 5.93. The molecule has 0 saturated carbocycles. The van der Waals surface area contributed by atoms with E-state index in [-0.39, 0.29) is 23.5 Å². The molecule has 1 aromatic heterocycles. The van der Waals surface area contributed by atoms with Crippen molar-refractivity contribution in [3.63, 3.8) is 0 Å². The molecule has 6 nitrogen and oxygen atoms in total. The van der Waals surface area contributed by atoms with Gasteiger partial charge in [0, 0.05) is 17.5 Å². The summed E-state index contributed by atoms with van der Waals surface area (Å²) in [6.07, 6.45) is 1.73. The summed E-state index contributed by atoms with van der Waals surface area (Å²) in [4.78, 5) is 30.9. The predicted molar refractivity (Wildman–Crippen MR) is 91.0 cm³/mol. The van der Waals surface area contributed by atoms with E-state index in [0.29, 0.717) is 17.8 Å². The van der Waals surface area contributed by atoms with Crippen LogP contribution in [0.3, 0.4) is 0 Å². The summed E-state index contributed by atoms with van der Waals surface area (Å²) in [5.74, 6) is -0.286. The van der Waals surface area contributed by atoms with Gasteiger partial charge in [-0.1, -0.05) is 12.1 Å². The van der Waals surface area contributed by atoms with Crippen LogP contribution in [0.1, 0.15) is 46.9 Å². The van der Waals surface area contributed by atoms with Crippen molar-refractivity contribution in [1.82, 2.24) is 9.88 Å². The molecule has 1 aliphatic heterocycles. The molecule has 126 valence electrons. The van der Waals surface area contributed by atoms with Crippen molar-refractivity contribution >= 4 is 23.0 Å². The lowest BCUT2D eigenvalue weighted by Gasteiger charge is -2.24. The number of aromatic nitrogens is 1. The molecule has 2 aromatic rings. The fourth-order valence-corrected chi connectivity index (χ4v) is 3.83. The van der Waals surface area contributed by atoms with E-state index in [9.17, 15) is 14.7 Å². The maximum absolute atomic E-state index is 12.5. The van der Waals surface area contributed by atoms with Gasteiger partial charge in [0.05, 0.1) is 12.1 Å². The average molecular weight is 345 g/mol. The SMILES string of the molecule is C[C@H](N)C(=O)N1CCC[C@H]1c1nc(C(=O)c2cccc(O)c2)cs1. The second-order valence-corrected chi connectivity index (χ2v) is 6.82. The van der Waals surface area contributed by atoms with Crippen LogP contribution in [0.4, 0.5) is 0 Å². The third-order valence-corrected chi connectivity index (χ3v) is 5.02. The zero-order valence-corrected chi connectivity index (χ0v) is 14.1. The monoisotopic (exact) mass is 345 g/mol. The van der Waals surface area contributed by atoms with Gasteiger partial charge in [-0.05, 0) is 31.9 Å². The number of thiazole rings is 1. The number of rotatable bonds is 4. The summed E-state index contributed by atoms with van der Waals surface area (Å²) in [6, 6.07) is 5.54. The van der Waals surface area contributed by atoms with Crippen molar-refractivity contribution in [2.24, 2.45) is 5.73 Å². The third-order valence-electron chi connectivity index (χ3n) is 4.07. The number of nitrogens with zero attached hydrogens (tertiary/aromatic N) is 2. The van der Waals surface area contributed by atoms with Gasteiger partial charge in [-0.15, -0.1) is 11.3 Å². The van der Waals surface area contributed by atoms with Gasteiger partial charge in [-0.3, -0.25) is 9.59 Å². The first-order valence-electron chi connectivity index (χ1n) is 7.82. The predicted octanol–water partition coefficient (Wildman–Crippen LogP) is 2.09. The number of benzene rings is 1. The fraction of sp³-hybridized carbons (Fsp3) is 0.353. The van der Waals surface area contributed by atoms with Crippen LogP contribution in [0.2, 0.25) is 0 Å². The Morgan fingerprint density at radius 2 is 2.25 bits per heavy atom. The van der Waals surface area contributed by atoms with Crippen molar-refractivity contribution in [2.75, 3.05) is 6.54 Å². The van der Waals surface area contributed by atoms with Crippen molar-refractivity contribution < 1.29 is 14.7 Å². The Morgan fingerprint density at radius 3 is 2.96 bits per heavy atom. The molecule has 0 unspecified atom stereocenters. The molecule has 2 heterocycles. The number of ketones is 1. The molecular formula is C17H19N3O3S. The minimum Gasteiger partial charge on any atom is -0.508 e. The molecule has 1 fully saturated rings. The molecule has 3 rings (SSSR count). The van der Waals surface area contributed by atoms with Crippen molar-refractivity contribution in [2.45, 2.75) is 31.8 Å². The first kappa shape index (κ1) is 16.6. The summed E-state index contributed by atoms with van der Waals surface area (Å²) < 4.78 is 0. The van der Waals surface area contributed by atoms with Gasteiger partial charge in [-0.2, -0.15) is 0 Å². The normalized spacial score (nSPS) is 18.6. The first-order chi connectivity index (χ1) is 11.5. The van der Waals surface area contributed by atoms with Crippen LogP contribution in [0, 0.1) is 0 Å². The molecule has 1 aromatic carbocycles. The number of likely N-dealkylation sites (tertiary alicyclic amines) is 1. The number of phenols is 1. The molecule has 0 spiro atoms. The minimum atomic E-state index is -0.543. The van der Waals surface area contributed by atoms with E-state index >= 15 is 0 Å². The maximum atomic E-state index is 12.5. The van der Waals surface area contributed by atoms with Gasteiger partial charge in [0.15, 0.2) is 0 Å². The molecule has 0 aliphatic carbocycles. The van der Waals surface area contributed by atoms with Gasteiger partial charge < -0.3 is 15.7 Å². The summed E-state index contributed by atoms with van der Waals surface area (Å²) in [5, 5.41) is 12.0. The molecule has 0 radical (unpaired) electrons. The number of amides is 1. The zero-order chi connectivity index (χ0) is 17.3. The summed E-state index contributed by atoms with van der Waals surface area (Å²) >= 11 is 1.38. The van der Waals surface area contributed by atoms with Crippen LogP contribution < -0.4 is 5.73 Å². The number of aromatic hydroxyl groups is 1. The quantitative estimate of drug-likeness (QED) is 0.827. The summed E-state index contributed by atoms with van der Waals surface area (Å²) in [5.41, 5.74) is 6.44. The number of carbonyl (C=O) groups is 2. The lowest BCUT2D eigenvalue weighted by atomic mass is 10.1. The van der Waals surface area contributed by atoms with Crippen LogP contribution in [0.25, 0.3) is 0 Å². The average Bonchev–Trinajstić information content (AvgIpc) is 3.22. The largest absolute Gasteiger partial charge is 0.508 e. The Hall–Kier alpha value is -2.25. The van der Waals surface area contributed by atoms with Crippen LogP contribution in [-0.2, 0) is 4.79 Å². The highest BCUT2D eigenvalue weighted by Crippen LogP contribution is 2.34. The molecule has 7 heteroatoms. The van der Waals surface area contributed by atoms with Crippen molar-refractivity contribution in [3.8, 4) is 5.75 Å². The van der Waals surface area contributed by atoms with Crippen LogP contribution in [-0.4, -0.2) is 39.3 Å². The highest BCUT2D eigenvalue weighted by molar-refractivity contribution is 7.10. The fourth-order valence-electron chi connectivity index (χ4n) is 2.89. The van der Waals surface area contributed by atoms with Gasteiger partial charge >= 0.3 is 0 Å². The van der Waals surface area contributed by atoms with Crippen LogP contribution in [0.15, 0.2) is 29.6 Å². The smallest absolute Gasteiger partial charge is 0.239 e. The van der Waals surface area contributed by atoms with Gasteiger partial charge in [0.1, 0.15) is 16.5 Å². The Morgan fingerprint density at radius 1 is 1.46 bits per heavy atom. The van der Waals surface area contributed by atoms with Crippen molar-refractivity contribution in [3.05, 3.63) is 45.9 Å². The first-order valence-corrected chi connectivity index (χ1v) is 8.70. The molecule has 1 saturated heterocycles. The highest BCUT2D eigenvalue weighted by atomic mass is 32.1. The van der Waals surface area contributed by atoms with E-state index in [4.69, 9.17) is 5.73 Å². The van der Waals surface area contributed by atoms with E-state index in [1.165, 1.54) is 23.5 Å². The molecule has 1 aliphatic rings. The Kier molecular flexibility index (Phi) is 4.64. The molecular weight excluding hydrogens is 326 g/mol. The lowest BCUT2D eigenvalue weighted by Crippen LogP contribution is -2.41. The molecule has 1 amide bonds. The van der Waals surface area contributed by atoms with E-state index in [0.717, 1.165) is 17.8 Å². The number of hydrogen-bond acceptors (Lipinski definition) is 6. The molecule has 2 atom stereocenters. The molecule has 24 heavy (non-hydrogen) atoms. The standard InChI is InChI=1S/C17H19N3O3S/c1-10(18)17(23)20-7-3-6-14(20)16-19-13(9-24-16)15(22)11-4-2-5-12(21)8-11/h2,4-5,8-10,14,21H,3,6-7,18H2,1H3/t10-,14-/m0/s1. The van der Waals surface area contributed by atoms with Crippen LogP contribution in [0.5, 0.6) is 5.75 Å².